The Hall–Kier alpha value is -2.45. The normalized spacial score (nSPS) is 19.2. The largest absolute Gasteiger partial charge is 0.496 e. The number of amides is 1. The van der Waals surface area contributed by atoms with Crippen molar-refractivity contribution in [1.82, 2.24) is 0 Å². The molecule has 0 radical (unpaired) electrons. The number of anilines is 1. The summed E-state index contributed by atoms with van der Waals surface area (Å²) in [6, 6.07) is 8.33. The number of methoxy groups -OCH3 is 1. The molecule has 1 aliphatic rings. The number of hydrogen-bond donors (Lipinski definition) is 2. The van der Waals surface area contributed by atoms with Gasteiger partial charge in [-0.2, -0.15) is 0 Å². The molecular weight excluding hydrogens is 397 g/mol. The first kappa shape index (κ1) is 21.3. The Morgan fingerprint density at radius 2 is 2.00 bits per heavy atom. The fourth-order valence-corrected chi connectivity index (χ4v) is 5.27. The molecule has 6 nitrogen and oxygen atoms in total. The van der Waals surface area contributed by atoms with Crippen molar-refractivity contribution in [3.05, 3.63) is 53.3 Å². The van der Waals surface area contributed by atoms with Crippen LogP contribution in [0.15, 0.2) is 41.3 Å². The standard InChI is InChI=1S/C21H24FNO5S/c1-13-9-15(4-7-19(13)22)23-21(25)18-11-17(6-8-20(18)28-2)29(26,27)12-14-3-5-16(24)10-14/h4,6-9,11,14,16,24H,3,5,10,12H2,1-2H3,(H,23,25)/t14?,16-/m1/s1. The van der Waals surface area contributed by atoms with Gasteiger partial charge in [0.25, 0.3) is 5.91 Å². The Kier molecular flexibility index (Phi) is 6.24. The zero-order valence-corrected chi connectivity index (χ0v) is 17.1. The van der Waals surface area contributed by atoms with E-state index in [0.717, 1.165) is 0 Å². The lowest BCUT2D eigenvalue weighted by Crippen LogP contribution is -2.17. The molecule has 8 heteroatoms. The van der Waals surface area contributed by atoms with Crippen LogP contribution in [0.4, 0.5) is 10.1 Å². The average molecular weight is 421 g/mol. The van der Waals surface area contributed by atoms with Crippen molar-refractivity contribution in [1.29, 1.82) is 0 Å². The van der Waals surface area contributed by atoms with E-state index in [-0.39, 0.29) is 33.7 Å². The van der Waals surface area contributed by atoms with Crippen LogP contribution < -0.4 is 10.1 Å². The number of aliphatic hydroxyl groups is 1. The quantitative estimate of drug-likeness (QED) is 0.746. The minimum Gasteiger partial charge on any atom is -0.496 e. The second-order valence-corrected chi connectivity index (χ2v) is 9.43. The first-order chi connectivity index (χ1) is 13.7. The molecule has 156 valence electrons. The third kappa shape index (κ3) is 4.94. The molecule has 29 heavy (non-hydrogen) atoms. The summed E-state index contributed by atoms with van der Waals surface area (Å²) in [6.07, 6.45) is 1.28. The van der Waals surface area contributed by atoms with E-state index >= 15 is 0 Å². The molecule has 1 fully saturated rings. The van der Waals surface area contributed by atoms with Gasteiger partial charge in [0.15, 0.2) is 9.84 Å². The molecule has 1 amide bonds. The fourth-order valence-electron chi connectivity index (χ4n) is 3.59. The topological polar surface area (TPSA) is 92.7 Å². The van der Waals surface area contributed by atoms with Crippen LogP contribution in [-0.2, 0) is 9.84 Å². The second kappa shape index (κ2) is 8.51. The first-order valence-corrected chi connectivity index (χ1v) is 11.0. The Balaban J connectivity index is 1.86. The molecule has 2 aromatic carbocycles. The van der Waals surface area contributed by atoms with Crippen LogP contribution in [0.2, 0.25) is 0 Å². The highest BCUT2D eigenvalue weighted by Crippen LogP contribution is 2.30. The maximum absolute atomic E-state index is 13.4. The minimum atomic E-state index is -3.63. The zero-order chi connectivity index (χ0) is 21.2. The predicted octanol–water partition coefficient (Wildman–Crippen LogP) is 3.33. The maximum Gasteiger partial charge on any atom is 0.259 e. The van der Waals surface area contributed by atoms with E-state index in [1.165, 1.54) is 43.5 Å². The van der Waals surface area contributed by atoms with E-state index < -0.39 is 21.8 Å². The highest BCUT2D eigenvalue weighted by atomic mass is 32.2. The van der Waals surface area contributed by atoms with E-state index in [0.29, 0.717) is 30.5 Å². The lowest BCUT2D eigenvalue weighted by atomic mass is 10.1. The molecule has 0 aromatic heterocycles. The van der Waals surface area contributed by atoms with E-state index in [2.05, 4.69) is 5.32 Å². The second-order valence-electron chi connectivity index (χ2n) is 7.39. The van der Waals surface area contributed by atoms with Gasteiger partial charge in [-0.05, 0) is 74.1 Å². The molecule has 2 atom stereocenters. The summed E-state index contributed by atoms with van der Waals surface area (Å²) in [4.78, 5) is 12.8. The SMILES string of the molecule is COc1ccc(S(=O)(=O)CC2CC[C@@H](O)C2)cc1C(=O)Nc1ccc(F)c(C)c1. The number of carbonyl (C=O) groups is 1. The molecular formula is C21H24FNO5S. The summed E-state index contributed by atoms with van der Waals surface area (Å²) in [6.45, 7) is 1.58. The lowest BCUT2D eigenvalue weighted by Gasteiger charge is -2.14. The fraction of sp³-hybridized carbons (Fsp3) is 0.381. The lowest BCUT2D eigenvalue weighted by molar-refractivity contribution is 0.102. The number of aryl methyl sites for hydroxylation is 1. The molecule has 1 aliphatic carbocycles. The minimum absolute atomic E-state index is 0.0279. The molecule has 0 aliphatic heterocycles. The Bertz CT molecular complexity index is 1020. The Labute approximate surface area is 169 Å². The Morgan fingerprint density at radius 3 is 2.62 bits per heavy atom. The molecule has 2 aromatic rings. The summed E-state index contributed by atoms with van der Waals surface area (Å²) in [7, 11) is -2.24. The molecule has 1 unspecified atom stereocenters. The van der Waals surface area contributed by atoms with Gasteiger partial charge in [0.2, 0.25) is 0 Å². The van der Waals surface area contributed by atoms with Gasteiger partial charge in [0, 0.05) is 5.69 Å². The van der Waals surface area contributed by atoms with E-state index in [1.54, 1.807) is 6.92 Å². The van der Waals surface area contributed by atoms with Gasteiger partial charge < -0.3 is 15.2 Å². The third-order valence-corrected chi connectivity index (χ3v) is 7.04. The van der Waals surface area contributed by atoms with Crippen molar-refractivity contribution < 1.29 is 27.4 Å². The maximum atomic E-state index is 13.4. The van der Waals surface area contributed by atoms with Crippen LogP contribution in [0.25, 0.3) is 0 Å². The van der Waals surface area contributed by atoms with E-state index in [4.69, 9.17) is 4.74 Å². The highest BCUT2D eigenvalue weighted by Gasteiger charge is 2.29. The van der Waals surface area contributed by atoms with Crippen molar-refractivity contribution in [2.75, 3.05) is 18.2 Å². The monoisotopic (exact) mass is 421 g/mol. The van der Waals surface area contributed by atoms with Crippen molar-refractivity contribution in [3.8, 4) is 5.75 Å². The summed E-state index contributed by atoms with van der Waals surface area (Å²) >= 11 is 0. The summed E-state index contributed by atoms with van der Waals surface area (Å²) in [5, 5.41) is 12.3. The number of rotatable bonds is 6. The Morgan fingerprint density at radius 1 is 1.24 bits per heavy atom. The van der Waals surface area contributed by atoms with Gasteiger partial charge in [-0.25, -0.2) is 12.8 Å². The zero-order valence-electron chi connectivity index (χ0n) is 16.3. The number of halogens is 1. The van der Waals surface area contributed by atoms with Crippen molar-refractivity contribution in [3.63, 3.8) is 0 Å². The van der Waals surface area contributed by atoms with Gasteiger partial charge in [-0.15, -0.1) is 0 Å². The number of ether oxygens (including phenoxy) is 1. The highest BCUT2D eigenvalue weighted by molar-refractivity contribution is 7.91. The van der Waals surface area contributed by atoms with E-state index in [1.807, 2.05) is 0 Å². The first-order valence-electron chi connectivity index (χ1n) is 9.36. The number of carbonyl (C=O) groups excluding carboxylic acids is 1. The van der Waals surface area contributed by atoms with Crippen molar-refractivity contribution in [2.45, 2.75) is 37.2 Å². The number of hydrogen-bond acceptors (Lipinski definition) is 5. The molecule has 1 saturated carbocycles. The van der Waals surface area contributed by atoms with Crippen LogP contribution in [-0.4, -0.2) is 38.4 Å². The number of aliphatic hydroxyl groups excluding tert-OH is 1. The van der Waals surface area contributed by atoms with Gasteiger partial charge in [-0.1, -0.05) is 0 Å². The number of benzene rings is 2. The predicted molar refractivity (Wildman–Crippen MR) is 107 cm³/mol. The van der Waals surface area contributed by atoms with Gasteiger partial charge >= 0.3 is 0 Å². The summed E-state index contributed by atoms with van der Waals surface area (Å²) in [5.41, 5.74) is 0.844. The van der Waals surface area contributed by atoms with Crippen LogP contribution in [0.1, 0.15) is 35.2 Å². The average Bonchev–Trinajstić information content (AvgIpc) is 3.08. The van der Waals surface area contributed by atoms with Gasteiger partial charge in [-0.3, -0.25) is 4.79 Å². The van der Waals surface area contributed by atoms with Gasteiger partial charge in [0.05, 0.1) is 29.4 Å². The number of nitrogens with one attached hydrogen (secondary N) is 1. The molecule has 0 heterocycles. The molecule has 0 spiro atoms. The molecule has 3 rings (SSSR count). The third-order valence-electron chi connectivity index (χ3n) is 5.16. The van der Waals surface area contributed by atoms with Crippen LogP contribution >= 0.6 is 0 Å². The summed E-state index contributed by atoms with van der Waals surface area (Å²) in [5.74, 6) is -0.880. The van der Waals surface area contributed by atoms with Crippen LogP contribution in [0.3, 0.4) is 0 Å². The van der Waals surface area contributed by atoms with Crippen LogP contribution in [0.5, 0.6) is 5.75 Å². The van der Waals surface area contributed by atoms with Crippen LogP contribution in [0, 0.1) is 18.7 Å². The van der Waals surface area contributed by atoms with Crippen molar-refractivity contribution >= 4 is 21.4 Å². The smallest absolute Gasteiger partial charge is 0.259 e. The molecule has 2 N–H and O–H groups in total. The van der Waals surface area contributed by atoms with E-state index in [9.17, 15) is 22.7 Å². The van der Waals surface area contributed by atoms with Crippen molar-refractivity contribution in [2.24, 2.45) is 5.92 Å². The number of sulfone groups is 1. The summed E-state index contributed by atoms with van der Waals surface area (Å²) < 4.78 is 44.3. The molecule has 0 bridgehead atoms. The molecule has 0 saturated heterocycles. The van der Waals surface area contributed by atoms with Gasteiger partial charge in [0.1, 0.15) is 11.6 Å².